The van der Waals surface area contributed by atoms with Gasteiger partial charge in [-0.25, -0.2) is 9.97 Å². The van der Waals surface area contributed by atoms with Gasteiger partial charge < -0.3 is 15.4 Å². The summed E-state index contributed by atoms with van der Waals surface area (Å²) in [6, 6.07) is 10.5. The van der Waals surface area contributed by atoms with Gasteiger partial charge in [-0.05, 0) is 43.3 Å². The Labute approximate surface area is 149 Å². The molecule has 0 atom stereocenters. The Morgan fingerprint density at radius 2 is 1.77 bits per heavy atom. The van der Waals surface area contributed by atoms with Crippen LogP contribution in [-0.2, 0) is 0 Å². The second-order valence-electron chi connectivity index (χ2n) is 5.13. The van der Waals surface area contributed by atoms with Crippen LogP contribution in [0.2, 0.25) is 0 Å². The number of hydrogen-bond acceptors (Lipinski definition) is 8. The first-order valence-electron chi connectivity index (χ1n) is 7.83. The van der Waals surface area contributed by atoms with Crippen molar-refractivity contribution in [1.29, 1.82) is 0 Å². The van der Waals surface area contributed by atoms with E-state index in [9.17, 15) is 10.1 Å². The molecule has 0 amide bonds. The minimum Gasteiger partial charge on any atom is -0.494 e. The van der Waals surface area contributed by atoms with Crippen LogP contribution in [0.1, 0.15) is 6.92 Å². The van der Waals surface area contributed by atoms with E-state index in [2.05, 4.69) is 25.6 Å². The lowest BCUT2D eigenvalue weighted by molar-refractivity contribution is -0.383. The van der Waals surface area contributed by atoms with Gasteiger partial charge in [0.15, 0.2) is 0 Å². The highest BCUT2D eigenvalue weighted by molar-refractivity contribution is 5.76. The minimum atomic E-state index is -0.532. The summed E-state index contributed by atoms with van der Waals surface area (Å²) in [6.07, 6.45) is 4.41. The first-order chi connectivity index (χ1) is 12.7. The fraction of sp³-hybridized carbons (Fsp3) is 0.118. The topological polar surface area (TPSA) is 115 Å². The van der Waals surface area contributed by atoms with Crippen LogP contribution in [0.15, 0.2) is 55.1 Å². The van der Waals surface area contributed by atoms with E-state index in [0.717, 1.165) is 0 Å². The molecule has 0 aliphatic heterocycles. The summed E-state index contributed by atoms with van der Waals surface area (Å²) in [5.74, 6) is 0.876. The normalized spacial score (nSPS) is 10.2. The molecule has 0 aliphatic carbocycles. The molecule has 3 aromatic rings. The molecule has 0 aliphatic rings. The molecule has 0 bridgehead atoms. The van der Waals surface area contributed by atoms with Crippen LogP contribution in [0.25, 0.3) is 0 Å². The van der Waals surface area contributed by atoms with Gasteiger partial charge in [0.05, 0.1) is 23.4 Å². The summed E-state index contributed by atoms with van der Waals surface area (Å²) < 4.78 is 5.38. The highest BCUT2D eigenvalue weighted by Gasteiger charge is 2.23. The first kappa shape index (κ1) is 17.1. The lowest BCUT2D eigenvalue weighted by Crippen LogP contribution is -2.05. The average molecular weight is 352 g/mol. The van der Waals surface area contributed by atoms with Gasteiger partial charge in [-0.2, -0.15) is 0 Å². The summed E-state index contributed by atoms with van der Waals surface area (Å²) >= 11 is 0. The molecule has 26 heavy (non-hydrogen) atoms. The average Bonchev–Trinajstić information content (AvgIpc) is 2.64. The third-order valence-corrected chi connectivity index (χ3v) is 3.36. The Kier molecular flexibility index (Phi) is 5.18. The van der Waals surface area contributed by atoms with E-state index in [1.54, 1.807) is 48.8 Å². The summed E-state index contributed by atoms with van der Waals surface area (Å²) in [7, 11) is 0. The van der Waals surface area contributed by atoms with Crippen molar-refractivity contribution in [2.24, 2.45) is 0 Å². The summed E-state index contributed by atoms with van der Waals surface area (Å²) in [4.78, 5) is 23.0. The van der Waals surface area contributed by atoms with Crippen LogP contribution >= 0.6 is 0 Å². The molecule has 9 heteroatoms. The van der Waals surface area contributed by atoms with Gasteiger partial charge in [0.2, 0.25) is 11.6 Å². The third-order valence-electron chi connectivity index (χ3n) is 3.36. The molecule has 0 saturated carbocycles. The van der Waals surface area contributed by atoms with Crippen LogP contribution < -0.4 is 15.4 Å². The maximum absolute atomic E-state index is 11.6. The Bertz CT molecular complexity index is 887. The molecule has 132 valence electrons. The fourth-order valence-electron chi connectivity index (χ4n) is 2.25. The van der Waals surface area contributed by atoms with Crippen LogP contribution in [0.3, 0.4) is 0 Å². The molecule has 1 aromatic carbocycles. The van der Waals surface area contributed by atoms with Gasteiger partial charge in [-0.3, -0.25) is 15.1 Å². The van der Waals surface area contributed by atoms with E-state index in [1.165, 1.54) is 6.33 Å². The largest absolute Gasteiger partial charge is 0.494 e. The predicted molar refractivity (Wildman–Crippen MR) is 97.1 cm³/mol. The van der Waals surface area contributed by atoms with Crippen molar-refractivity contribution < 1.29 is 9.66 Å². The van der Waals surface area contributed by atoms with Crippen molar-refractivity contribution in [2.75, 3.05) is 17.2 Å². The number of nitro groups is 1. The lowest BCUT2D eigenvalue weighted by Gasteiger charge is -2.10. The molecule has 0 spiro atoms. The number of ether oxygens (including phenoxy) is 1. The van der Waals surface area contributed by atoms with Gasteiger partial charge in [-0.1, -0.05) is 0 Å². The van der Waals surface area contributed by atoms with Gasteiger partial charge in [0, 0.05) is 11.9 Å². The number of nitrogens with zero attached hydrogens (tertiary/aromatic N) is 4. The second-order valence-corrected chi connectivity index (χ2v) is 5.13. The van der Waals surface area contributed by atoms with Crippen LogP contribution in [0, 0.1) is 10.1 Å². The van der Waals surface area contributed by atoms with E-state index >= 15 is 0 Å². The van der Waals surface area contributed by atoms with Crippen molar-refractivity contribution in [3.63, 3.8) is 0 Å². The Hall–Kier alpha value is -3.75. The molecule has 0 fully saturated rings. The number of anilines is 4. The minimum absolute atomic E-state index is 0.0754. The van der Waals surface area contributed by atoms with E-state index in [0.29, 0.717) is 23.7 Å². The maximum Gasteiger partial charge on any atom is 0.353 e. The van der Waals surface area contributed by atoms with Crippen molar-refractivity contribution >= 4 is 28.7 Å². The van der Waals surface area contributed by atoms with Gasteiger partial charge in [0.1, 0.15) is 12.1 Å². The van der Waals surface area contributed by atoms with Gasteiger partial charge in [0.25, 0.3) is 0 Å². The van der Waals surface area contributed by atoms with Gasteiger partial charge in [-0.15, -0.1) is 0 Å². The highest BCUT2D eigenvalue weighted by Crippen LogP contribution is 2.33. The van der Waals surface area contributed by atoms with Crippen LogP contribution in [0.4, 0.5) is 28.7 Å². The molecule has 3 rings (SSSR count). The molecular formula is C17H16N6O3. The quantitative estimate of drug-likeness (QED) is 0.489. The molecule has 9 nitrogen and oxygen atoms in total. The standard InChI is InChI=1S/C17H16N6O3/c1-2-26-14-7-5-12(6-8-14)21-16-15(23(24)25)17(20-11-19-16)22-13-4-3-9-18-10-13/h3-11H,2H2,1H3,(H2,19,20,21,22). The lowest BCUT2D eigenvalue weighted by atomic mass is 10.3. The van der Waals surface area contributed by atoms with Crippen molar-refractivity contribution in [3.05, 3.63) is 65.2 Å². The zero-order valence-corrected chi connectivity index (χ0v) is 13.9. The third kappa shape index (κ3) is 4.01. The van der Waals surface area contributed by atoms with Gasteiger partial charge >= 0.3 is 5.69 Å². The smallest absolute Gasteiger partial charge is 0.353 e. The zero-order chi connectivity index (χ0) is 18.4. The Balaban J connectivity index is 1.89. The second kappa shape index (κ2) is 7.88. The van der Waals surface area contributed by atoms with E-state index in [-0.39, 0.29) is 17.3 Å². The number of hydrogen-bond donors (Lipinski definition) is 2. The van der Waals surface area contributed by atoms with Crippen LogP contribution in [0.5, 0.6) is 5.75 Å². The molecule has 0 saturated heterocycles. The number of aromatic nitrogens is 3. The predicted octanol–water partition coefficient (Wildman–Crippen LogP) is 3.67. The summed E-state index contributed by atoms with van der Waals surface area (Å²) in [5.41, 5.74) is 0.967. The molecule has 2 N–H and O–H groups in total. The Morgan fingerprint density at radius 1 is 1.08 bits per heavy atom. The zero-order valence-electron chi connectivity index (χ0n) is 13.9. The van der Waals surface area contributed by atoms with E-state index in [4.69, 9.17) is 4.74 Å². The highest BCUT2D eigenvalue weighted by atomic mass is 16.6. The molecule has 2 heterocycles. The monoisotopic (exact) mass is 352 g/mol. The number of pyridine rings is 1. The van der Waals surface area contributed by atoms with Crippen molar-refractivity contribution in [3.8, 4) is 5.75 Å². The van der Waals surface area contributed by atoms with Crippen LogP contribution in [-0.4, -0.2) is 26.5 Å². The molecular weight excluding hydrogens is 336 g/mol. The molecule has 0 unspecified atom stereocenters. The number of nitrogens with one attached hydrogen (secondary N) is 2. The summed E-state index contributed by atoms with van der Waals surface area (Å²) in [5, 5.41) is 17.4. The SMILES string of the molecule is CCOc1ccc(Nc2ncnc(Nc3cccnc3)c2[N+](=O)[O-])cc1. The number of rotatable bonds is 7. The maximum atomic E-state index is 11.6. The molecule has 2 aromatic heterocycles. The van der Waals surface area contributed by atoms with E-state index < -0.39 is 4.92 Å². The molecule has 0 radical (unpaired) electrons. The van der Waals surface area contributed by atoms with Crippen molar-refractivity contribution in [1.82, 2.24) is 15.0 Å². The first-order valence-corrected chi connectivity index (χ1v) is 7.83. The van der Waals surface area contributed by atoms with Crippen molar-refractivity contribution in [2.45, 2.75) is 6.92 Å². The number of benzene rings is 1. The Morgan fingerprint density at radius 3 is 2.35 bits per heavy atom. The van der Waals surface area contributed by atoms with E-state index in [1.807, 2.05) is 6.92 Å². The fourth-order valence-corrected chi connectivity index (χ4v) is 2.25. The summed E-state index contributed by atoms with van der Waals surface area (Å²) in [6.45, 7) is 2.46.